The van der Waals surface area contributed by atoms with Crippen LogP contribution in [0.25, 0.3) is 5.82 Å². The molecule has 1 aliphatic heterocycles. The van der Waals surface area contributed by atoms with Crippen LogP contribution in [0.3, 0.4) is 0 Å². The molecule has 0 saturated carbocycles. The summed E-state index contributed by atoms with van der Waals surface area (Å²) in [4.78, 5) is 21.1. The molecular formula is C18H26N6O. The zero-order chi connectivity index (χ0) is 17.8. The molecule has 0 aliphatic carbocycles. The van der Waals surface area contributed by atoms with Gasteiger partial charge in [0.05, 0.1) is 17.6 Å². The van der Waals surface area contributed by atoms with Gasteiger partial charge in [-0.05, 0) is 45.0 Å². The van der Waals surface area contributed by atoms with E-state index in [1.54, 1.807) is 10.9 Å². The maximum Gasteiger partial charge on any atom is 0.321 e. The molecule has 1 N–H and O–H groups in total. The Hall–Kier alpha value is -2.41. The average molecular weight is 342 g/mol. The van der Waals surface area contributed by atoms with Crippen molar-refractivity contribution < 1.29 is 4.79 Å². The molecule has 1 aliphatic rings. The lowest BCUT2D eigenvalue weighted by Crippen LogP contribution is -2.50. The van der Waals surface area contributed by atoms with E-state index in [1.165, 1.54) is 0 Å². The van der Waals surface area contributed by atoms with Crippen LogP contribution in [0, 0.1) is 13.8 Å². The third kappa shape index (κ3) is 4.17. The van der Waals surface area contributed by atoms with E-state index >= 15 is 0 Å². The van der Waals surface area contributed by atoms with Crippen LogP contribution in [0.1, 0.15) is 24.7 Å². The largest absolute Gasteiger partial charge is 0.322 e. The van der Waals surface area contributed by atoms with E-state index in [0.717, 1.165) is 56.4 Å². The van der Waals surface area contributed by atoms with Crippen LogP contribution in [0.15, 0.2) is 24.4 Å². The minimum Gasteiger partial charge on any atom is -0.322 e. The highest BCUT2D eigenvalue weighted by atomic mass is 16.2. The number of amides is 2. The molecule has 7 nitrogen and oxygen atoms in total. The van der Waals surface area contributed by atoms with Gasteiger partial charge in [0.25, 0.3) is 0 Å². The number of aromatic nitrogens is 3. The van der Waals surface area contributed by atoms with Gasteiger partial charge in [-0.1, -0.05) is 6.92 Å². The Bertz CT molecular complexity index is 716. The van der Waals surface area contributed by atoms with E-state index in [9.17, 15) is 4.79 Å². The molecule has 0 aromatic carbocycles. The third-order valence-electron chi connectivity index (χ3n) is 4.43. The van der Waals surface area contributed by atoms with E-state index in [2.05, 4.69) is 27.2 Å². The number of nitrogens with zero attached hydrogens (tertiary/aromatic N) is 5. The van der Waals surface area contributed by atoms with Gasteiger partial charge in [-0.15, -0.1) is 0 Å². The maximum atomic E-state index is 12.4. The van der Waals surface area contributed by atoms with E-state index in [-0.39, 0.29) is 6.03 Å². The Morgan fingerprint density at radius 3 is 2.52 bits per heavy atom. The zero-order valence-electron chi connectivity index (χ0n) is 15.2. The highest BCUT2D eigenvalue weighted by Gasteiger charge is 2.20. The summed E-state index contributed by atoms with van der Waals surface area (Å²) in [5.74, 6) is 0.747. The standard InChI is InChI=1S/C18H26N6O/c1-4-7-22-8-10-23(11-9-22)18(25)20-16-5-6-17(19-13-16)24-15(3)12-14(2)21-24/h5-6,12-13H,4,7-11H2,1-3H3,(H,20,25). The van der Waals surface area contributed by atoms with Gasteiger partial charge in [0.2, 0.25) is 0 Å². The molecule has 134 valence electrons. The lowest BCUT2D eigenvalue weighted by Gasteiger charge is -2.34. The summed E-state index contributed by atoms with van der Waals surface area (Å²) in [6.45, 7) is 10.7. The zero-order valence-corrected chi connectivity index (χ0v) is 15.2. The number of rotatable bonds is 4. The normalized spacial score (nSPS) is 15.4. The molecule has 0 unspecified atom stereocenters. The highest BCUT2D eigenvalue weighted by molar-refractivity contribution is 5.89. The summed E-state index contributed by atoms with van der Waals surface area (Å²) in [6.07, 6.45) is 2.83. The first-order chi connectivity index (χ1) is 12.1. The molecule has 2 aromatic heterocycles. The Labute approximate surface area is 148 Å². The molecular weight excluding hydrogens is 316 g/mol. The Morgan fingerprint density at radius 2 is 1.96 bits per heavy atom. The second-order valence-electron chi connectivity index (χ2n) is 6.50. The van der Waals surface area contributed by atoms with Gasteiger partial charge in [-0.25, -0.2) is 14.5 Å². The number of carbonyl (C=O) groups excluding carboxylic acids is 1. The van der Waals surface area contributed by atoms with Crippen LogP contribution in [-0.2, 0) is 0 Å². The van der Waals surface area contributed by atoms with Gasteiger partial charge in [-0.3, -0.25) is 4.90 Å². The lowest BCUT2D eigenvalue weighted by atomic mass is 10.3. The fraction of sp³-hybridized carbons (Fsp3) is 0.500. The van der Waals surface area contributed by atoms with Crippen molar-refractivity contribution in [1.82, 2.24) is 24.6 Å². The minimum absolute atomic E-state index is 0.0585. The quantitative estimate of drug-likeness (QED) is 0.927. The van der Waals surface area contributed by atoms with E-state index < -0.39 is 0 Å². The fourth-order valence-corrected chi connectivity index (χ4v) is 3.14. The van der Waals surface area contributed by atoms with Crippen molar-refractivity contribution in [3.05, 3.63) is 35.8 Å². The van der Waals surface area contributed by atoms with Gasteiger partial charge < -0.3 is 10.2 Å². The molecule has 0 radical (unpaired) electrons. The predicted octanol–water partition coefficient (Wildman–Crippen LogP) is 2.44. The Morgan fingerprint density at radius 1 is 1.20 bits per heavy atom. The molecule has 0 spiro atoms. The summed E-state index contributed by atoms with van der Waals surface area (Å²) in [5.41, 5.74) is 2.69. The molecule has 0 bridgehead atoms. The fourth-order valence-electron chi connectivity index (χ4n) is 3.14. The molecule has 25 heavy (non-hydrogen) atoms. The van der Waals surface area contributed by atoms with Crippen molar-refractivity contribution in [2.75, 3.05) is 38.0 Å². The minimum atomic E-state index is -0.0585. The summed E-state index contributed by atoms with van der Waals surface area (Å²) < 4.78 is 1.80. The number of carbonyl (C=O) groups is 1. The SMILES string of the molecule is CCCN1CCN(C(=O)Nc2ccc(-n3nc(C)cc3C)nc2)CC1. The number of pyridine rings is 1. The van der Waals surface area contributed by atoms with Crippen molar-refractivity contribution in [1.29, 1.82) is 0 Å². The van der Waals surface area contributed by atoms with Gasteiger partial charge in [0.15, 0.2) is 5.82 Å². The summed E-state index contributed by atoms with van der Waals surface area (Å²) in [7, 11) is 0. The second-order valence-corrected chi connectivity index (χ2v) is 6.50. The van der Waals surface area contributed by atoms with Crippen LogP contribution in [0.5, 0.6) is 0 Å². The van der Waals surface area contributed by atoms with Crippen LogP contribution >= 0.6 is 0 Å². The van der Waals surface area contributed by atoms with Crippen LogP contribution in [-0.4, -0.2) is 63.3 Å². The van der Waals surface area contributed by atoms with Crippen molar-refractivity contribution in [3.8, 4) is 5.82 Å². The molecule has 3 rings (SSSR count). The van der Waals surface area contributed by atoms with E-state index in [4.69, 9.17) is 0 Å². The smallest absolute Gasteiger partial charge is 0.321 e. The second kappa shape index (κ2) is 7.65. The number of hydrogen-bond acceptors (Lipinski definition) is 4. The number of nitrogens with one attached hydrogen (secondary N) is 1. The number of anilines is 1. The Balaban J connectivity index is 1.58. The molecule has 1 saturated heterocycles. The predicted molar refractivity (Wildman–Crippen MR) is 98.2 cm³/mol. The third-order valence-corrected chi connectivity index (χ3v) is 4.43. The monoisotopic (exact) mass is 342 g/mol. The van der Waals surface area contributed by atoms with Crippen molar-refractivity contribution in [2.45, 2.75) is 27.2 Å². The van der Waals surface area contributed by atoms with E-state index in [1.807, 2.05) is 36.9 Å². The van der Waals surface area contributed by atoms with Gasteiger partial charge in [0, 0.05) is 31.9 Å². The van der Waals surface area contributed by atoms with Crippen LogP contribution in [0.4, 0.5) is 10.5 Å². The molecule has 7 heteroatoms. The molecule has 2 aromatic rings. The molecule has 3 heterocycles. The van der Waals surface area contributed by atoms with Gasteiger partial charge in [0.1, 0.15) is 0 Å². The number of piperazine rings is 1. The van der Waals surface area contributed by atoms with E-state index in [0.29, 0.717) is 5.69 Å². The number of aryl methyl sites for hydroxylation is 2. The lowest BCUT2D eigenvalue weighted by molar-refractivity contribution is 0.147. The maximum absolute atomic E-state index is 12.4. The first-order valence-corrected chi connectivity index (χ1v) is 8.85. The first kappa shape index (κ1) is 17.4. The van der Waals surface area contributed by atoms with Crippen molar-refractivity contribution in [2.24, 2.45) is 0 Å². The molecule has 0 atom stereocenters. The van der Waals surface area contributed by atoms with Crippen molar-refractivity contribution in [3.63, 3.8) is 0 Å². The number of urea groups is 1. The summed E-state index contributed by atoms with van der Waals surface area (Å²) >= 11 is 0. The first-order valence-electron chi connectivity index (χ1n) is 8.85. The highest BCUT2D eigenvalue weighted by Crippen LogP contribution is 2.13. The molecule has 1 fully saturated rings. The van der Waals surface area contributed by atoms with Gasteiger partial charge in [-0.2, -0.15) is 5.10 Å². The Kier molecular flexibility index (Phi) is 5.33. The van der Waals surface area contributed by atoms with Crippen LogP contribution in [0.2, 0.25) is 0 Å². The summed E-state index contributed by atoms with van der Waals surface area (Å²) in [5, 5.41) is 7.35. The average Bonchev–Trinajstić information content (AvgIpc) is 2.95. The van der Waals surface area contributed by atoms with Crippen LogP contribution < -0.4 is 5.32 Å². The van der Waals surface area contributed by atoms with Crippen molar-refractivity contribution >= 4 is 11.7 Å². The number of hydrogen-bond donors (Lipinski definition) is 1. The van der Waals surface area contributed by atoms with Gasteiger partial charge >= 0.3 is 6.03 Å². The topological polar surface area (TPSA) is 66.3 Å². The molecule has 2 amide bonds. The summed E-state index contributed by atoms with van der Waals surface area (Å²) in [6, 6.07) is 5.69.